The highest BCUT2D eigenvalue weighted by Crippen LogP contribution is 2.30. The Labute approximate surface area is 215 Å². The number of rotatable bonds is 4. The minimum absolute atomic E-state index is 0.0655. The Morgan fingerprint density at radius 3 is 2.43 bits per heavy atom. The van der Waals surface area contributed by atoms with Gasteiger partial charge in [-0.1, -0.05) is 13.8 Å². The minimum atomic E-state index is -1.25. The smallest absolute Gasteiger partial charge is 0.349 e. The first kappa shape index (κ1) is 27.4. The summed E-state index contributed by atoms with van der Waals surface area (Å²) < 4.78 is 16.1. The maximum absolute atomic E-state index is 13.3. The molecule has 2 bridgehead atoms. The number of carbonyl (C=O) groups excluding carboxylic acids is 4. The van der Waals surface area contributed by atoms with Crippen molar-refractivity contribution >= 4 is 23.7 Å². The lowest BCUT2D eigenvalue weighted by Gasteiger charge is -2.31. The van der Waals surface area contributed by atoms with E-state index >= 15 is 0 Å². The Balaban J connectivity index is 2.06. The number of benzene rings is 1. The molecule has 3 amide bonds. The second-order valence-electron chi connectivity index (χ2n) is 9.03. The van der Waals surface area contributed by atoms with Gasteiger partial charge in [-0.2, -0.15) is 0 Å². The molecule has 0 unspecified atom stereocenters. The molecule has 37 heavy (non-hydrogen) atoms. The van der Waals surface area contributed by atoms with E-state index in [0.717, 1.165) is 0 Å². The van der Waals surface area contributed by atoms with Gasteiger partial charge in [0.25, 0.3) is 11.8 Å². The Morgan fingerprint density at radius 1 is 1.11 bits per heavy atom. The van der Waals surface area contributed by atoms with E-state index in [4.69, 9.17) is 14.2 Å². The lowest BCUT2D eigenvalue weighted by atomic mass is 10.0. The molecule has 0 spiro atoms. The fraction of sp³-hybridized carbons (Fsp3) is 0.423. The Kier molecular flexibility index (Phi) is 9.05. The van der Waals surface area contributed by atoms with Crippen molar-refractivity contribution in [2.24, 2.45) is 5.92 Å². The Hall–Kier alpha value is -4.15. The molecule has 11 heteroatoms. The molecule has 1 aromatic heterocycles. The van der Waals surface area contributed by atoms with Crippen LogP contribution in [0.4, 0.5) is 0 Å². The van der Waals surface area contributed by atoms with E-state index in [2.05, 4.69) is 15.6 Å². The Bertz CT molecular complexity index is 1140. The third-order valence-electron chi connectivity index (χ3n) is 6.04. The molecule has 0 saturated carbocycles. The second kappa shape index (κ2) is 12.2. The SMILES string of the molecule is COC(=O)[C@@H]1Oc2cc(ccc2OC)C(=O)N[C@@H](C(C)C)CN(C(=O)c2ccncc2)CC(=O)N[C@H]1C. The molecule has 0 saturated heterocycles. The fourth-order valence-corrected chi connectivity index (χ4v) is 3.87. The van der Waals surface area contributed by atoms with Gasteiger partial charge in [0.1, 0.15) is 0 Å². The number of methoxy groups -OCH3 is 2. The highest BCUT2D eigenvalue weighted by atomic mass is 16.6. The topological polar surface area (TPSA) is 136 Å². The van der Waals surface area contributed by atoms with Crippen molar-refractivity contribution in [3.8, 4) is 11.5 Å². The molecular formula is C26H32N4O7. The number of hydrogen-bond acceptors (Lipinski definition) is 8. The fourth-order valence-electron chi connectivity index (χ4n) is 3.87. The average Bonchev–Trinajstić information content (AvgIpc) is 2.89. The third kappa shape index (κ3) is 6.75. The van der Waals surface area contributed by atoms with Crippen LogP contribution in [-0.4, -0.2) is 79.1 Å². The summed E-state index contributed by atoms with van der Waals surface area (Å²) in [7, 11) is 2.63. The molecular weight excluding hydrogens is 480 g/mol. The number of aromatic nitrogens is 1. The van der Waals surface area contributed by atoms with Crippen LogP contribution < -0.4 is 20.1 Å². The molecule has 2 aromatic rings. The molecule has 1 aromatic carbocycles. The number of carbonyl (C=O) groups is 4. The van der Waals surface area contributed by atoms with E-state index < -0.39 is 41.9 Å². The van der Waals surface area contributed by atoms with Gasteiger partial charge in [0.2, 0.25) is 12.0 Å². The van der Waals surface area contributed by atoms with Crippen LogP contribution in [-0.2, 0) is 14.3 Å². The summed E-state index contributed by atoms with van der Waals surface area (Å²) in [5, 5.41) is 5.69. The van der Waals surface area contributed by atoms with E-state index in [-0.39, 0.29) is 30.3 Å². The van der Waals surface area contributed by atoms with Gasteiger partial charge < -0.3 is 29.7 Å². The predicted molar refractivity (Wildman–Crippen MR) is 133 cm³/mol. The van der Waals surface area contributed by atoms with Crippen LogP contribution in [0, 0.1) is 5.92 Å². The number of nitrogens with one attached hydrogen (secondary N) is 2. The van der Waals surface area contributed by atoms with Crippen molar-refractivity contribution in [2.45, 2.75) is 39.0 Å². The summed E-state index contributed by atoms with van der Waals surface area (Å²) in [6, 6.07) is 6.38. The van der Waals surface area contributed by atoms with Gasteiger partial charge in [-0.25, -0.2) is 4.79 Å². The molecule has 0 fully saturated rings. The minimum Gasteiger partial charge on any atom is -0.493 e. The van der Waals surface area contributed by atoms with Crippen molar-refractivity contribution in [3.63, 3.8) is 0 Å². The molecule has 1 aliphatic heterocycles. The molecule has 11 nitrogen and oxygen atoms in total. The number of ether oxygens (including phenoxy) is 3. The van der Waals surface area contributed by atoms with E-state index in [0.29, 0.717) is 11.3 Å². The van der Waals surface area contributed by atoms with E-state index in [9.17, 15) is 19.2 Å². The summed E-state index contributed by atoms with van der Waals surface area (Å²) in [4.78, 5) is 57.5. The van der Waals surface area contributed by atoms with Crippen LogP contribution in [0.15, 0.2) is 42.7 Å². The van der Waals surface area contributed by atoms with E-state index in [1.165, 1.54) is 37.6 Å². The molecule has 198 valence electrons. The normalized spacial score (nSPS) is 20.7. The average molecular weight is 513 g/mol. The first-order valence-electron chi connectivity index (χ1n) is 11.9. The maximum atomic E-state index is 13.3. The highest BCUT2D eigenvalue weighted by Gasteiger charge is 2.33. The van der Waals surface area contributed by atoms with Crippen LogP contribution in [0.25, 0.3) is 0 Å². The van der Waals surface area contributed by atoms with E-state index in [1.54, 1.807) is 31.2 Å². The summed E-state index contributed by atoms with van der Waals surface area (Å²) >= 11 is 0. The number of amides is 3. The van der Waals surface area contributed by atoms with Crippen molar-refractivity contribution < 1.29 is 33.4 Å². The van der Waals surface area contributed by atoms with Crippen LogP contribution >= 0.6 is 0 Å². The number of hydrogen-bond donors (Lipinski definition) is 2. The molecule has 2 N–H and O–H groups in total. The van der Waals surface area contributed by atoms with Crippen molar-refractivity contribution in [1.29, 1.82) is 0 Å². The van der Waals surface area contributed by atoms with Crippen LogP contribution in [0.2, 0.25) is 0 Å². The standard InChI is InChI=1S/C26H32N4O7/c1-15(2)19-13-30(25(33)17-8-10-27-11-9-17)14-22(31)28-16(3)23(26(34)36-5)37-21-12-18(24(32)29-19)6-7-20(21)35-4/h6-12,15-16,19,23H,13-14H2,1-5H3,(H,28,31)(H,29,32)/t16-,19+,23+/m0/s1. The lowest BCUT2D eigenvalue weighted by molar-refractivity contribution is -0.150. The first-order valence-corrected chi connectivity index (χ1v) is 11.9. The number of esters is 1. The summed E-state index contributed by atoms with van der Waals surface area (Å²) in [6.45, 7) is 5.17. The molecule has 0 radical (unpaired) electrons. The van der Waals surface area contributed by atoms with Gasteiger partial charge in [-0.15, -0.1) is 0 Å². The zero-order chi connectivity index (χ0) is 27.1. The maximum Gasteiger partial charge on any atom is 0.349 e. The van der Waals surface area contributed by atoms with Gasteiger partial charge in [0, 0.05) is 36.1 Å². The second-order valence-corrected chi connectivity index (χ2v) is 9.03. The number of fused-ring (bicyclic) bond motifs is 2. The number of pyridine rings is 1. The van der Waals surface area contributed by atoms with Gasteiger partial charge in [0.15, 0.2) is 11.5 Å². The number of nitrogens with zero attached hydrogens (tertiary/aromatic N) is 2. The first-order chi connectivity index (χ1) is 17.6. The zero-order valence-electron chi connectivity index (χ0n) is 21.5. The quantitative estimate of drug-likeness (QED) is 0.587. The largest absolute Gasteiger partial charge is 0.493 e. The van der Waals surface area contributed by atoms with Gasteiger partial charge in [-0.3, -0.25) is 19.4 Å². The van der Waals surface area contributed by atoms with Crippen LogP contribution in [0.5, 0.6) is 11.5 Å². The molecule has 3 atom stereocenters. The van der Waals surface area contributed by atoms with Crippen LogP contribution in [0.3, 0.4) is 0 Å². The molecule has 0 aliphatic carbocycles. The van der Waals surface area contributed by atoms with Crippen molar-refractivity contribution in [1.82, 2.24) is 20.5 Å². The van der Waals surface area contributed by atoms with Gasteiger partial charge in [0.05, 0.1) is 26.8 Å². The third-order valence-corrected chi connectivity index (χ3v) is 6.04. The monoisotopic (exact) mass is 512 g/mol. The summed E-state index contributed by atoms with van der Waals surface area (Å²) in [6.07, 6.45) is 1.72. The van der Waals surface area contributed by atoms with E-state index in [1.807, 2.05) is 13.8 Å². The summed E-state index contributed by atoms with van der Waals surface area (Å²) in [5.41, 5.74) is 0.618. The Morgan fingerprint density at radius 2 is 1.81 bits per heavy atom. The summed E-state index contributed by atoms with van der Waals surface area (Å²) in [5.74, 6) is -1.69. The highest BCUT2D eigenvalue weighted by molar-refractivity contribution is 5.97. The zero-order valence-corrected chi connectivity index (χ0v) is 21.5. The van der Waals surface area contributed by atoms with Gasteiger partial charge >= 0.3 is 5.97 Å². The molecule has 3 rings (SSSR count). The molecule has 1 aliphatic rings. The van der Waals surface area contributed by atoms with Gasteiger partial charge in [-0.05, 0) is 43.2 Å². The van der Waals surface area contributed by atoms with Crippen molar-refractivity contribution in [2.75, 3.05) is 27.3 Å². The lowest BCUT2D eigenvalue weighted by Crippen LogP contribution is -2.54. The molecule has 2 heterocycles. The van der Waals surface area contributed by atoms with Crippen molar-refractivity contribution in [3.05, 3.63) is 53.9 Å². The van der Waals surface area contributed by atoms with Crippen LogP contribution in [0.1, 0.15) is 41.5 Å². The predicted octanol–water partition coefficient (Wildman–Crippen LogP) is 1.43.